The van der Waals surface area contributed by atoms with Crippen LogP contribution in [0, 0.1) is 0 Å². The van der Waals surface area contributed by atoms with Crippen molar-refractivity contribution in [1.82, 2.24) is 0 Å². The van der Waals surface area contributed by atoms with Crippen molar-refractivity contribution in [1.29, 1.82) is 0 Å². The van der Waals surface area contributed by atoms with Gasteiger partial charge in [0.1, 0.15) is 10.6 Å². The molecule has 3 N–H and O–H groups in total. The molecule has 2 aromatic carbocycles. The molecule has 0 unspecified atom stereocenters. The molecule has 0 amide bonds. The lowest BCUT2D eigenvalue weighted by Crippen LogP contribution is -2.15. The highest BCUT2D eigenvalue weighted by molar-refractivity contribution is 9.10. The third-order valence-corrected chi connectivity index (χ3v) is 4.63. The average Bonchev–Trinajstić information content (AvgIpc) is 2.40. The highest BCUT2D eigenvalue weighted by Gasteiger charge is 2.19. The van der Waals surface area contributed by atoms with Crippen LogP contribution < -0.4 is 15.2 Å². The Balaban J connectivity index is 2.38. The van der Waals surface area contributed by atoms with Gasteiger partial charge in [-0.2, -0.15) is 0 Å². The molecule has 112 valence electrons. The number of nitrogen functional groups attached to an aromatic ring is 1. The van der Waals surface area contributed by atoms with Crippen LogP contribution in [0.25, 0.3) is 0 Å². The molecular weight excluding hydrogens is 356 g/mol. The Bertz CT molecular complexity index is 748. The maximum Gasteiger partial charge on any atom is 0.264 e. The molecule has 0 atom stereocenters. The highest BCUT2D eigenvalue weighted by Crippen LogP contribution is 2.29. The second kappa shape index (κ2) is 6.36. The predicted octanol–water partition coefficient (Wildman–Crippen LogP) is 3.23. The standard InChI is InChI=1S/C14H15BrN2O3S/c1-2-20-13-6-4-3-5-12(13)17-21(18,19)14-8-7-10(15)9-11(14)16/h3-9,17H,2,16H2,1H3. The third-order valence-electron chi connectivity index (χ3n) is 2.69. The zero-order valence-corrected chi connectivity index (χ0v) is 13.7. The van der Waals surface area contributed by atoms with Crippen molar-refractivity contribution in [3.63, 3.8) is 0 Å². The molecule has 0 saturated carbocycles. The number of ether oxygens (including phenoxy) is 1. The van der Waals surface area contributed by atoms with Crippen LogP contribution in [0.3, 0.4) is 0 Å². The molecule has 21 heavy (non-hydrogen) atoms. The molecule has 5 nitrogen and oxygen atoms in total. The van der Waals surface area contributed by atoms with Gasteiger partial charge in [0.2, 0.25) is 0 Å². The highest BCUT2D eigenvalue weighted by atomic mass is 79.9. The Hall–Kier alpha value is -1.73. The molecule has 7 heteroatoms. The van der Waals surface area contributed by atoms with Crippen LogP contribution in [0.2, 0.25) is 0 Å². The first-order valence-corrected chi connectivity index (χ1v) is 8.51. The zero-order chi connectivity index (χ0) is 15.5. The summed E-state index contributed by atoms with van der Waals surface area (Å²) >= 11 is 3.25. The van der Waals surface area contributed by atoms with Crippen LogP contribution in [0.4, 0.5) is 11.4 Å². The molecule has 2 rings (SSSR count). The smallest absolute Gasteiger partial charge is 0.264 e. The van der Waals surface area contributed by atoms with Crippen molar-refractivity contribution >= 4 is 37.3 Å². The number of hydrogen-bond acceptors (Lipinski definition) is 4. The summed E-state index contributed by atoms with van der Waals surface area (Å²) in [6.07, 6.45) is 0. The van der Waals surface area contributed by atoms with Crippen LogP contribution in [-0.4, -0.2) is 15.0 Å². The van der Waals surface area contributed by atoms with Crippen LogP contribution in [-0.2, 0) is 10.0 Å². The number of sulfonamides is 1. The van der Waals surface area contributed by atoms with E-state index in [2.05, 4.69) is 20.7 Å². The molecule has 0 radical (unpaired) electrons. The molecule has 0 aliphatic carbocycles. The molecule has 0 aromatic heterocycles. The summed E-state index contributed by atoms with van der Waals surface area (Å²) in [7, 11) is -3.78. The summed E-state index contributed by atoms with van der Waals surface area (Å²) in [5.41, 5.74) is 6.33. The SMILES string of the molecule is CCOc1ccccc1NS(=O)(=O)c1ccc(Br)cc1N. The normalized spacial score (nSPS) is 11.1. The molecule has 0 fully saturated rings. The van der Waals surface area contributed by atoms with Gasteiger partial charge in [-0.1, -0.05) is 28.1 Å². The van der Waals surface area contributed by atoms with E-state index in [4.69, 9.17) is 10.5 Å². The second-order valence-electron chi connectivity index (χ2n) is 4.22. The van der Waals surface area contributed by atoms with Gasteiger partial charge in [-0.25, -0.2) is 8.42 Å². The predicted molar refractivity (Wildman–Crippen MR) is 87.0 cm³/mol. The summed E-state index contributed by atoms with van der Waals surface area (Å²) in [5.74, 6) is 0.472. The Kier molecular flexibility index (Phi) is 4.74. The van der Waals surface area contributed by atoms with Gasteiger partial charge in [0, 0.05) is 4.47 Å². The topological polar surface area (TPSA) is 81.4 Å². The average molecular weight is 371 g/mol. The molecule has 0 spiro atoms. The summed E-state index contributed by atoms with van der Waals surface area (Å²) in [6, 6.07) is 11.5. The fourth-order valence-electron chi connectivity index (χ4n) is 1.80. The lowest BCUT2D eigenvalue weighted by molar-refractivity contribution is 0.342. The van der Waals surface area contributed by atoms with Crippen LogP contribution in [0.5, 0.6) is 5.75 Å². The van der Waals surface area contributed by atoms with Crippen LogP contribution in [0.1, 0.15) is 6.92 Å². The molecule has 0 aliphatic rings. The summed E-state index contributed by atoms with van der Waals surface area (Å²) in [6.45, 7) is 2.27. The van der Waals surface area contributed by atoms with E-state index in [0.29, 0.717) is 22.5 Å². The molecule has 2 aromatic rings. The van der Waals surface area contributed by atoms with Crippen molar-refractivity contribution < 1.29 is 13.2 Å². The zero-order valence-electron chi connectivity index (χ0n) is 11.3. The van der Waals surface area contributed by atoms with E-state index in [1.165, 1.54) is 6.07 Å². The van der Waals surface area contributed by atoms with Crippen molar-refractivity contribution in [3.05, 3.63) is 46.9 Å². The summed E-state index contributed by atoms with van der Waals surface area (Å²) in [5, 5.41) is 0. The second-order valence-corrected chi connectivity index (χ2v) is 6.78. The number of benzene rings is 2. The Labute approximate surface area is 132 Å². The number of para-hydroxylation sites is 2. The fourth-order valence-corrected chi connectivity index (χ4v) is 3.36. The lowest BCUT2D eigenvalue weighted by atomic mass is 10.3. The molecular formula is C14H15BrN2O3S. The van der Waals surface area contributed by atoms with E-state index in [-0.39, 0.29) is 10.6 Å². The van der Waals surface area contributed by atoms with E-state index in [9.17, 15) is 8.42 Å². The van der Waals surface area contributed by atoms with E-state index in [1.54, 1.807) is 36.4 Å². The number of rotatable bonds is 5. The molecule has 0 heterocycles. The largest absolute Gasteiger partial charge is 0.492 e. The molecule has 0 bridgehead atoms. The Morgan fingerprint density at radius 2 is 1.95 bits per heavy atom. The van der Waals surface area contributed by atoms with E-state index in [1.807, 2.05) is 6.92 Å². The van der Waals surface area contributed by atoms with Crippen molar-refractivity contribution in [2.24, 2.45) is 0 Å². The monoisotopic (exact) mass is 370 g/mol. The third kappa shape index (κ3) is 3.68. The number of anilines is 2. The number of nitrogens with one attached hydrogen (secondary N) is 1. The fraction of sp³-hybridized carbons (Fsp3) is 0.143. The van der Waals surface area contributed by atoms with E-state index in [0.717, 1.165) is 0 Å². The summed E-state index contributed by atoms with van der Waals surface area (Å²) in [4.78, 5) is 0.0250. The molecule has 0 aliphatic heterocycles. The quantitative estimate of drug-likeness (QED) is 0.791. The number of halogens is 1. The first-order valence-electron chi connectivity index (χ1n) is 6.23. The van der Waals surface area contributed by atoms with Gasteiger partial charge in [-0.15, -0.1) is 0 Å². The van der Waals surface area contributed by atoms with Crippen LogP contribution >= 0.6 is 15.9 Å². The van der Waals surface area contributed by atoms with Gasteiger partial charge in [-0.05, 0) is 37.3 Å². The van der Waals surface area contributed by atoms with Gasteiger partial charge in [0.05, 0.1) is 18.0 Å². The minimum atomic E-state index is -3.78. The summed E-state index contributed by atoms with van der Waals surface area (Å²) < 4.78 is 33.5. The van der Waals surface area contributed by atoms with Crippen molar-refractivity contribution in [2.45, 2.75) is 11.8 Å². The van der Waals surface area contributed by atoms with Gasteiger partial charge >= 0.3 is 0 Å². The first kappa shape index (κ1) is 15.7. The maximum absolute atomic E-state index is 12.4. The van der Waals surface area contributed by atoms with Gasteiger partial charge in [-0.3, -0.25) is 4.72 Å². The molecule has 0 saturated heterocycles. The van der Waals surface area contributed by atoms with Gasteiger partial charge in [0.15, 0.2) is 0 Å². The Morgan fingerprint density at radius 3 is 2.62 bits per heavy atom. The number of nitrogens with two attached hydrogens (primary N) is 1. The lowest BCUT2D eigenvalue weighted by Gasteiger charge is -2.13. The van der Waals surface area contributed by atoms with E-state index < -0.39 is 10.0 Å². The van der Waals surface area contributed by atoms with Crippen LogP contribution in [0.15, 0.2) is 51.8 Å². The van der Waals surface area contributed by atoms with E-state index >= 15 is 0 Å². The Morgan fingerprint density at radius 1 is 1.24 bits per heavy atom. The van der Waals surface area contributed by atoms with Crippen molar-refractivity contribution in [2.75, 3.05) is 17.1 Å². The minimum Gasteiger partial charge on any atom is -0.492 e. The number of hydrogen-bond donors (Lipinski definition) is 2. The van der Waals surface area contributed by atoms with Crippen molar-refractivity contribution in [3.8, 4) is 5.75 Å². The first-order chi connectivity index (χ1) is 9.94. The van der Waals surface area contributed by atoms with Gasteiger partial charge < -0.3 is 10.5 Å². The van der Waals surface area contributed by atoms with Gasteiger partial charge in [0.25, 0.3) is 10.0 Å². The maximum atomic E-state index is 12.4. The minimum absolute atomic E-state index is 0.0250.